The van der Waals surface area contributed by atoms with Gasteiger partial charge in [-0.1, -0.05) is 47.0 Å². The summed E-state index contributed by atoms with van der Waals surface area (Å²) in [4.78, 5) is 24.9. The predicted molar refractivity (Wildman–Crippen MR) is 133 cm³/mol. The third kappa shape index (κ3) is 5.52. The van der Waals surface area contributed by atoms with Crippen molar-refractivity contribution < 1.29 is 22.7 Å². The number of benzene rings is 3. The average molecular weight is 521 g/mol. The molecule has 0 saturated heterocycles. The average Bonchev–Trinajstić information content (AvgIpc) is 2.80. The van der Waals surface area contributed by atoms with Gasteiger partial charge in [0.1, 0.15) is 6.54 Å². The van der Waals surface area contributed by atoms with Gasteiger partial charge in [0.2, 0.25) is 5.91 Å². The fraction of sp³-hybridized carbons (Fsp3) is 0.167. The van der Waals surface area contributed by atoms with E-state index in [1.807, 2.05) is 6.92 Å². The van der Waals surface area contributed by atoms with Crippen LogP contribution in [-0.4, -0.2) is 33.9 Å². The minimum absolute atomic E-state index is 0.0241. The highest BCUT2D eigenvalue weighted by Gasteiger charge is 2.29. The maximum absolute atomic E-state index is 13.6. The van der Waals surface area contributed by atoms with E-state index >= 15 is 0 Å². The summed E-state index contributed by atoms with van der Waals surface area (Å²) >= 11 is 12.4. The topological polar surface area (TPSA) is 92.8 Å². The van der Waals surface area contributed by atoms with Gasteiger partial charge < -0.3 is 10.1 Å². The van der Waals surface area contributed by atoms with Crippen molar-refractivity contribution in [2.75, 3.05) is 23.3 Å². The Morgan fingerprint density at radius 1 is 0.971 bits per heavy atom. The second-order valence-corrected chi connectivity index (χ2v) is 10.1. The van der Waals surface area contributed by atoms with E-state index in [0.717, 1.165) is 9.87 Å². The summed E-state index contributed by atoms with van der Waals surface area (Å²) in [5.41, 5.74) is 1.97. The number of rotatable bonds is 7. The summed E-state index contributed by atoms with van der Waals surface area (Å²) in [5.74, 6) is -1.27. The third-order valence-corrected chi connectivity index (χ3v) is 7.58. The van der Waals surface area contributed by atoms with Crippen LogP contribution in [0.5, 0.6) is 0 Å². The van der Waals surface area contributed by atoms with Crippen molar-refractivity contribution in [3.05, 3.63) is 87.4 Å². The second-order valence-electron chi connectivity index (χ2n) is 7.44. The number of methoxy groups -OCH3 is 1. The Hall–Kier alpha value is -3.07. The van der Waals surface area contributed by atoms with Crippen molar-refractivity contribution in [2.24, 2.45) is 0 Å². The van der Waals surface area contributed by atoms with Crippen LogP contribution in [0.4, 0.5) is 11.4 Å². The molecular formula is C24H22Cl2N2O5S. The van der Waals surface area contributed by atoms with Gasteiger partial charge in [0.25, 0.3) is 10.0 Å². The lowest BCUT2D eigenvalue weighted by molar-refractivity contribution is -0.114. The van der Waals surface area contributed by atoms with Crippen LogP contribution < -0.4 is 9.62 Å². The Morgan fingerprint density at radius 2 is 1.65 bits per heavy atom. The Bertz CT molecular complexity index is 1340. The molecule has 0 aliphatic carbocycles. The van der Waals surface area contributed by atoms with Crippen LogP contribution in [0.1, 0.15) is 21.5 Å². The molecule has 0 aliphatic heterocycles. The van der Waals surface area contributed by atoms with E-state index in [1.165, 1.54) is 37.4 Å². The minimum Gasteiger partial charge on any atom is -0.465 e. The largest absolute Gasteiger partial charge is 0.465 e. The normalized spacial score (nSPS) is 11.1. The summed E-state index contributed by atoms with van der Waals surface area (Å²) in [6.45, 7) is 2.95. The number of anilines is 2. The summed E-state index contributed by atoms with van der Waals surface area (Å²) < 4.78 is 32.8. The maximum atomic E-state index is 13.6. The van der Waals surface area contributed by atoms with Crippen LogP contribution in [0.25, 0.3) is 0 Å². The maximum Gasteiger partial charge on any atom is 0.337 e. The number of aryl methyl sites for hydroxylation is 1. The van der Waals surface area contributed by atoms with Gasteiger partial charge in [0.05, 0.1) is 34.0 Å². The molecule has 0 spiro atoms. The molecule has 0 aromatic heterocycles. The fourth-order valence-electron chi connectivity index (χ4n) is 3.19. The van der Waals surface area contributed by atoms with E-state index in [-0.39, 0.29) is 26.9 Å². The number of esters is 1. The molecule has 3 rings (SSSR count). The van der Waals surface area contributed by atoms with E-state index in [2.05, 4.69) is 5.32 Å². The van der Waals surface area contributed by atoms with Gasteiger partial charge in [-0.25, -0.2) is 13.2 Å². The molecule has 0 aliphatic rings. The summed E-state index contributed by atoms with van der Waals surface area (Å²) in [5, 5.41) is 3.11. The number of hydrogen-bond acceptors (Lipinski definition) is 5. The third-order valence-electron chi connectivity index (χ3n) is 5.07. The zero-order valence-corrected chi connectivity index (χ0v) is 21.0. The number of amides is 1. The molecule has 0 fully saturated rings. The molecule has 1 N–H and O–H groups in total. The van der Waals surface area contributed by atoms with E-state index in [1.54, 1.807) is 37.3 Å². The number of ether oxygens (including phenoxy) is 1. The standard InChI is InChI=1S/C24H22Cl2N2O5S/c1-15-7-10-18(11-8-15)34(31,32)28(22-6-4-5-19(25)16(22)2)14-23(29)27-21-13-17(24(30)33-3)9-12-20(21)26/h4-13H,14H2,1-3H3,(H,27,29). The Morgan fingerprint density at radius 3 is 2.29 bits per heavy atom. The minimum atomic E-state index is -4.13. The van der Waals surface area contributed by atoms with Gasteiger partial charge in [-0.2, -0.15) is 0 Å². The molecule has 1 amide bonds. The predicted octanol–water partition coefficient (Wildman–Crippen LogP) is 5.23. The first-order valence-electron chi connectivity index (χ1n) is 10.1. The Balaban J connectivity index is 2.00. The first kappa shape index (κ1) is 25.6. The van der Waals surface area contributed by atoms with Crippen molar-refractivity contribution in [1.29, 1.82) is 0 Å². The van der Waals surface area contributed by atoms with Gasteiger partial charge in [0, 0.05) is 5.02 Å². The molecule has 3 aromatic rings. The van der Waals surface area contributed by atoms with Gasteiger partial charge in [-0.05, 0) is 61.9 Å². The second kappa shape index (κ2) is 10.5. The van der Waals surface area contributed by atoms with Gasteiger partial charge in [-0.3, -0.25) is 9.10 Å². The number of halogens is 2. The van der Waals surface area contributed by atoms with Crippen molar-refractivity contribution in [3.8, 4) is 0 Å². The van der Waals surface area contributed by atoms with Crippen LogP contribution in [0.15, 0.2) is 65.6 Å². The van der Waals surface area contributed by atoms with Gasteiger partial charge >= 0.3 is 5.97 Å². The Kier molecular flexibility index (Phi) is 7.86. The first-order chi connectivity index (χ1) is 16.0. The molecule has 0 radical (unpaired) electrons. The first-order valence-corrected chi connectivity index (χ1v) is 12.3. The van der Waals surface area contributed by atoms with E-state index in [0.29, 0.717) is 10.6 Å². The molecule has 0 atom stereocenters. The molecule has 178 valence electrons. The number of sulfonamides is 1. The molecule has 10 heteroatoms. The van der Waals surface area contributed by atoms with Gasteiger partial charge in [-0.15, -0.1) is 0 Å². The van der Waals surface area contributed by atoms with Gasteiger partial charge in [0.15, 0.2) is 0 Å². The SMILES string of the molecule is COC(=O)c1ccc(Cl)c(NC(=O)CN(c2cccc(Cl)c2C)S(=O)(=O)c2ccc(C)cc2)c1. The van der Waals surface area contributed by atoms with Crippen LogP contribution in [0.3, 0.4) is 0 Å². The zero-order chi connectivity index (χ0) is 25.0. The van der Waals surface area contributed by atoms with E-state index < -0.39 is 28.4 Å². The highest BCUT2D eigenvalue weighted by atomic mass is 35.5. The highest BCUT2D eigenvalue weighted by molar-refractivity contribution is 7.92. The molecular weight excluding hydrogens is 499 g/mol. The number of carbonyl (C=O) groups is 2. The molecule has 7 nitrogen and oxygen atoms in total. The molecule has 0 bridgehead atoms. The van der Waals surface area contributed by atoms with Crippen LogP contribution in [0, 0.1) is 13.8 Å². The lowest BCUT2D eigenvalue weighted by Gasteiger charge is -2.26. The van der Waals surface area contributed by atoms with Crippen molar-refractivity contribution >= 4 is 56.5 Å². The monoisotopic (exact) mass is 520 g/mol. The van der Waals surface area contributed by atoms with Crippen LogP contribution in [0.2, 0.25) is 10.0 Å². The quantitative estimate of drug-likeness (QED) is 0.430. The van der Waals surface area contributed by atoms with Crippen LogP contribution >= 0.6 is 23.2 Å². The summed E-state index contributed by atoms with van der Waals surface area (Å²) in [7, 11) is -2.89. The fourth-order valence-corrected chi connectivity index (χ4v) is 5.00. The van der Waals surface area contributed by atoms with E-state index in [9.17, 15) is 18.0 Å². The number of carbonyl (C=O) groups excluding carboxylic acids is 2. The lowest BCUT2D eigenvalue weighted by Crippen LogP contribution is -2.38. The lowest BCUT2D eigenvalue weighted by atomic mass is 10.2. The van der Waals surface area contributed by atoms with Crippen molar-refractivity contribution in [1.82, 2.24) is 0 Å². The number of hydrogen-bond donors (Lipinski definition) is 1. The number of nitrogens with zero attached hydrogens (tertiary/aromatic N) is 1. The molecule has 3 aromatic carbocycles. The van der Waals surface area contributed by atoms with Crippen LogP contribution in [-0.2, 0) is 19.6 Å². The summed E-state index contributed by atoms with van der Waals surface area (Å²) in [6, 6.07) is 15.4. The molecule has 0 unspecified atom stereocenters. The summed E-state index contributed by atoms with van der Waals surface area (Å²) in [6.07, 6.45) is 0. The zero-order valence-electron chi connectivity index (χ0n) is 18.6. The van der Waals surface area contributed by atoms with E-state index in [4.69, 9.17) is 27.9 Å². The molecule has 0 saturated carbocycles. The van der Waals surface area contributed by atoms with Crippen molar-refractivity contribution in [3.63, 3.8) is 0 Å². The Labute approximate surface area is 208 Å². The molecule has 0 heterocycles. The smallest absolute Gasteiger partial charge is 0.337 e. The number of nitrogens with one attached hydrogen (secondary N) is 1. The molecule has 34 heavy (non-hydrogen) atoms. The van der Waals surface area contributed by atoms with Crippen molar-refractivity contribution in [2.45, 2.75) is 18.7 Å². The highest BCUT2D eigenvalue weighted by Crippen LogP contribution is 2.31.